The normalized spacial score (nSPS) is 13.0. The van der Waals surface area contributed by atoms with E-state index in [1.165, 1.54) is 13.3 Å². The zero-order valence-electron chi connectivity index (χ0n) is 13.9. The summed E-state index contributed by atoms with van der Waals surface area (Å²) in [7, 11) is 0. The maximum Gasteiger partial charge on any atom is 0.322 e. The molecule has 1 aromatic rings. The van der Waals surface area contributed by atoms with Crippen molar-refractivity contribution in [2.75, 3.05) is 13.1 Å². The number of ketones is 1. The summed E-state index contributed by atoms with van der Waals surface area (Å²) in [5.74, 6) is -2.45. The summed E-state index contributed by atoms with van der Waals surface area (Å²) < 4.78 is 0. The average Bonchev–Trinajstić information content (AvgIpc) is 3.05. The van der Waals surface area contributed by atoms with Crippen molar-refractivity contribution in [3.8, 4) is 0 Å². The lowest BCUT2D eigenvalue weighted by molar-refractivity contribution is -0.137. The number of carbonyl (C=O) groups is 4. The number of carbonyl (C=O) groups excluding carboxylic acids is 3. The number of Topliss-reactive ketones (excluding diaryl/α,β-unsaturated/α-hetero) is 1. The molecule has 0 aliphatic rings. The molecule has 138 valence electrons. The predicted molar refractivity (Wildman–Crippen MR) is 91.8 cm³/mol. The second-order valence-corrected chi connectivity index (χ2v) is 6.80. The van der Waals surface area contributed by atoms with Crippen LogP contribution < -0.4 is 11.1 Å². The number of carboxylic acid groups (broad SMARTS) is 1. The molecule has 0 saturated heterocycles. The Morgan fingerprint density at radius 3 is 2.68 bits per heavy atom. The van der Waals surface area contributed by atoms with E-state index in [2.05, 4.69) is 15.3 Å². The van der Waals surface area contributed by atoms with Gasteiger partial charge in [0, 0.05) is 37.1 Å². The van der Waals surface area contributed by atoms with Crippen LogP contribution in [0.5, 0.6) is 0 Å². The largest absolute Gasteiger partial charge is 0.480 e. The van der Waals surface area contributed by atoms with Crippen LogP contribution in [0, 0.1) is 5.92 Å². The number of nitrogens with two attached hydrogens (primary N) is 1. The van der Waals surface area contributed by atoms with Gasteiger partial charge in [-0.05, 0) is 13.5 Å². The molecule has 0 radical (unpaired) electrons. The van der Waals surface area contributed by atoms with Crippen molar-refractivity contribution < 1.29 is 24.3 Å². The Kier molecular flexibility index (Phi) is 8.86. The lowest BCUT2D eigenvalue weighted by Gasteiger charge is -2.16. The first-order valence-corrected chi connectivity index (χ1v) is 8.60. The molecule has 0 aliphatic carbocycles. The minimum absolute atomic E-state index is 0.0333. The van der Waals surface area contributed by atoms with E-state index in [1.807, 2.05) is 0 Å². The van der Waals surface area contributed by atoms with Crippen LogP contribution in [0.4, 0.5) is 0 Å². The van der Waals surface area contributed by atoms with Gasteiger partial charge in [0.15, 0.2) is 5.12 Å². The number of hydrogen-bond donors (Lipinski definition) is 4. The molecule has 9 nitrogen and oxygen atoms in total. The number of rotatable bonds is 11. The van der Waals surface area contributed by atoms with E-state index >= 15 is 0 Å². The Morgan fingerprint density at radius 2 is 2.12 bits per heavy atom. The first-order chi connectivity index (χ1) is 11.8. The number of amides is 1. The molecule has 1 rings (SSSR count). The lowest BCUT2D eigenvalue weighted by Crippen LogP contribution is -2.36. The van der Waals surface area contributed by atoms with Crippen molar-refractivity contribution in [1.82, 2.24) is 15.3 Å². The maximum absolute atomic E-state index is 12.5. The second-order valence-electron chi connectivity index (χ2n) is 5.45. The topological polar surface area (TPSA) is 155 Å². The number of aliphatic carboxylic acids is 1. The van der Waals surface area contributed by atoms with Crippen LogP contribution in [-0.2, 0) is 25.6 Å². The summed E-state index contributed by atoms with van der Waals surface area (Å²) in [5, 5.41) is 9.71. The Morgan fingerprint density at radius 1 is 1.40 bits per heavy atom. The Balaban J connectivity index is 2.68. The first kappa shape index (κ1) is 20.8. The monoisotopic (exact) mass is 370 g/mol. The van der Waals surface area contributed by atoms with Gasteiger partial charge in [0.05, 0.1) is 11.6 Å². The van der Waals surface area contributed by atoms with E-state index in [0.717, 1.165) is 11.8 Å². The highest BCUT2D eigenvalue weighted by molar-refractivity contribution is 8.14. The van der Waals surface area contributed by atoms with Crippen LogP contribution in [-0.4, -0.2) is 56.2 Å². The molecule has 5 N–H and O–H groups in total. The Hall–Kier alpha value is -2.20. The highest BCUT2D eigenvalue weighted by atomic mass is 32.2. The number of carboxylic acids is 1. The third-order valence-electron chi connectivity index (χ3n) is 3.33. The van der Waals surface area contributed by atoms with Crippen LogP contribution in [0.3, 0.4) is 0 Å². The van der Waals surface area contributed by atoms with Gasteiger partial charge < -0.3 is 21.1 Å². The Labute approximate surface area is 149 Å². The highest BCUT2D eigenvalue weighted by Gasteiger charge is 2.27. The van der Waals surface area contributed by atoms with Gasteiger partial charge in [0.25, 0.3) is 0 Å². The summed E-state index contributed by atoms with van der Waals surface area (Å²) in [4.78, 5) is 53.4. The van der Waals surface area contributed by atoms with Crippen molar-refractivity contribution in [3.05, 3.63) is 18.2 Å². The molecule has 1 heterocycles. The minimum atomic E-state index is -1.17. The highest BCUT2D eigenvalue weighted by Crippen LogP contribution is 2.23. The zero-order chi connectivity index (χ0) is 18.8. The number of aromatic nitrogens is 2. The van der Waals surface area contributed by atoms with Gasteiger partial charge in [0.1, 0.15) is 12.3 Å². The van der Waals surface area contributed by atoms with E-state index in [1.54, 1.807) is 6.20 Å². The van der Waals surface area contributed by atoms with Crippen molar-refractivity contribution in [2.24, 2.45) is 11.7 Å². The van der Waals surface area contributed by atoms with Crippen molar-refractivity contribution in [1.29, 1.82) is 0 Å². The van der Waals surface area contributed by atoms with Gasteiger partial charge in [-0.25, -0.2) is 4.98 Å². The van der Waals surface area contributed by atoms with Crippen LogP contribution in [0.25, 0.3) is 0 Å². The van der Waals surface area contributed by atoms with Gasteiger partial charge in [0.2, 0.25) is 5.91 Å². The molecule has 25 heavy (non-hydrogen) atoms. The molecular formula is C15H22N4O5S. The number of hydrogen-bond acceptors (Lipinski definition) is 7. The van der Waals surface area contributed by atoms with E-state index < -0.39 is 29.6 Å². The first-order valence-electron chi connectivity index (χ1n) is 7.72. The fourth-order valence-electron chi connectivity index (χ4n) is 2.07. The molecule has 1 amide bonds. The third-order valence-corrected chi connectivity index (χ3v) is 4.46. The molecule has 0 aromatic carbocycles. The van der Waals surface area contributed by atoms with Crippen LogP contribution in [0.1, 0.15) is 25.5 Å². The fourth-order valence-corrected chi connectivity index (χ4v) is 2.97. The van der Waals surface area contributed by atoms with Gasteiger partial charge in [-0.3, -0.25) is 19.2 Å². The molecule has 0 spiro atoms. The van der Waals surface area contributed by atoms with E-state index in [9.17, 15) is 19.2 Å². The van der Waals surface area contributed by atoms with Gasteiger partial charge >= 0.3 is 5.97 Å². The average molecular weight is 370 g/mol. The summed E-state index contributed by atoms with van der Waals surface area (Å²) in [6, 6.07) is 0. The summed E-state index contributed by atoms with van der Waals surface area (Å²) in [5.41, 5.74) is 6.08. The number of aromatic amines is 1. The van der Waals surface area contributed by atoms with Crippen LogP contribution in [0.2, 0.25) is 0 Å². The number of nitrogens with one attached hydrogen (secondary N) is 2. The number of thioether (sulfide) groups is 1. The number of nitrogens with zero attached hydrogens (tertiary/aromatic N) is 1. The molecule has 2 atom stereocenters. The molecule has 10 heteroatoms. The van der Waals surface area contributed by atoms with Gasteiger partial charge in [-0.15, -0.1) is 0 Å². The van der Waals surface area contributed by atoms with Crippen molar-refractivity contribution in [3.63, 3.8) is 0 Å². The minimum Gasteiger partial charge on any atom is -0.480 e. The number of H-pyrrole nitrogens is 1. The standard InChI is InChI=1S/C15H22N4O5S/c1-9(14(23)18-7-13(21)22)25-15(24)10(5-12(20)2-3-16)4-11-6-17-8-19-11/h6,8-10H,2-5,7,16H2,1H3,(H,17,19)(H,18,23)(H,21,22)/t9?,10-/m1/s1. The third kappa shape index (κ3) is 7.94. The summed E-state index contributed by atoms with van der Waals surface area (Å²) in [6.07, 6.45) is 3.57. The van der Waals surface area contributed by atoms with Gasteiger partial charge in [-0.1, -0.05) is 11.8 Å². The zero-order valence-corrected chi connectivity index (χ0v) is 14.7. The number of imidazole rings is 1. The summed E-state index contributed by atoms with van der Waals surface area (Å²) >= 11 is 0.788. The van der Waals surface area contributed by atoms with Gasteiger partial charge in [-0.2, -0.15) is 0 Å². The molecule has 0 aliphatic heterocycles. The summed E-state index contributed by atoms with van der Waals surface area (Å²) in [6.45, 7) is 1.21. The molecule has 0 fully saturated rings. The van der Waals surface area contributed by atoms with E-state index in [4.69, 9.17) is 10.8 Å². The molecule has 1 aromatic heterocycles. The second kappa shape index (κ2) is 10.6. The molecule has 0 bridgehead atoms. The van der Waals surface area contributed by atoms with E-state index in [0.29, 0.717) is 12.1 Å². The Bertz CT molecular complexity index is 605. The van der Waals surface area contributed by atoms with Crippen LogP contribution >= 0.6 is 11.8 Å². The molecular weight excluding hydrogens is 348 g/mol. The maximum atomic E-state index is 12.5. The smallest absolute Gasteiger partial charge is 0.322 e. The fraction of sp³-hybridized carbons (Fsp3) is 0.533. The van der Waals surface area contributed by atoms with Crippen molar-refractivity contribution in [2.45, 2.75) is 31.4 Å². The van der Waals surface area contributed by atoms with Crippen LogP contribution in [0.15, 0.2) is 12.5 Å². The quantitative estimate of drug-likeness (QED) is 0.415. The predicted octanol–water partition coefficient (Wildman–Crippen LogP) is -0.274. The van der Waals surface area contributed by atoms with E-state index in [-0.39, 0.29) is 30.3 Å². The van der Waals surface area contributed by atoms with Crippen molar-refractivity contribution >= 4 is 34.5 Å². The lowest BCUT2D eigenvalue weighted by atomic mass is 9.97. The molecule has 0 saturated carbocycles. The SMILES string of the molecule is CC(SC(=O)[C@@H](CC(=O)CCN)Cc1cnc[nH]1)C(=O)NCC(=O)O. The molecule has 1 unspecified atom stereocenters.